The molecule has 0 amide bonds. The minimum absolute atomic E-state index is 0.166. The van der Waals surface area contributed by atoms with Crippen LogP contribution in [0.15, 0.2) is 34.0 Å². The third kappa shape index (κ3) is 2.32. The Morgan fingerprint density at radius 2 is 2.00 bits per heavy atom. The second-order valence-electron chi connectivity index (χ2n) is 4.14. The van der Waals surface area contributed by atoms with Crippen LogP contribution >= 0.6 is 11.8 Å². The topological polar surface area (TPSA) is 60.0 Å². The maximum Gasteiger partial charge on any atom is 0.286 e. The molecule has 0 radical (unpaired) electrons. The molecule has 6 heteroatoms. The summed E-state index contributed by atoms with van der Waals surface area (Å²) in [4.78, 5) is 12.9. The van der Waals surface area contributed by atoms with Gasteiger partial charge in [-0.2, -0.15) is 5.26 Å². The summed E-state index contributed by atoms with van der Waals surface area (Å²) in [6.07, 6.45) is 0. The number of thiocyanates is 1. The number of methoxy groups -OCH3 is 1. The summed E-state index contributed by atoms with van der Waals surface area (Å²) in [6.45, 7) is 4.47. The van der Waals surface area contributed by atoms with Crippen LogP contribution in [0.5, 0.6) is 5.75 Å². The van der Waals surface area contributed by atoms with Crippen molar-refractivity contribution in [2.75, 3.05) is 7.11 Å². The predicted molar refractivity (Wildman–Crippen MR) is 78.5 cm³/mol. The van der Waals surface area contributed by atoms with E-state index >= 15 is 0 Å². The molecule has 0 unspecified atom stereocenters. The highest BCUT2D eigenvalue weighted by atomic mass is 32.2. The highest BCUT2D eigenvalue weighted by molar-refractivity contribution is 8.03. The van der Waals surface area contributed by atoms with Crippen molar-refractivity contribution in [3.05, 3.63) is 40.3 Å². The molecule has 0 aliphatic carbocycles. The van der Waals surface area contributed by atoms with E-state index in [9.17, 15) is 4.79 Å². The summed E-state index contributed by atoms with van der Waals surface area (Å²) < 4.78 is 8.57. The van der Waals surface area contributed by atoms with Crippen molar-refractivity contribution >= 4 is 11.8 Å². The van der Waals surface area contributed by atoms with Gasteiger partial charge in [-0.3, -0.25) is 9.48 Å². The Morgan fingerprint density at radius 1 is 1.35 bits per heavy atom. The van der Waals surface area contributed by atoms with Gasteiger partial charge in [-0.1, -0.05) is 0 Å². The summed E-state index contributed by atoms with van der Waals surface area (Å²) in [5.41, 5.74) is 1.39. The van der Waals surface area contributed by atoms with Crippen LogP contribution in [0.1, 0.15) is 12.6 Å². The maximum absolute atomic E-state index is 12.5. The van der Waals surface area contributed by atoms with Crippen LogP contribution in [0.3, 0.4) is 0 Å². The fraction of sp³-hybridized carbons (Fsp3) is 0.286. The van der Waals surface area contributed by atoms with Gasteiger partial charge >= 0.3 is 0 Å². The van der Waals surface area contributed by atoms with E-state index in [0.29, 0.717) is 11.4 Å². The van der Waals surface area contributed by atoms with E-state index in [0.717, 1.165) is 28.9 Å². The normalized spacial score (nSPS) is 10.3. The van der Waals surface area contributed by atoms with E-state index in [1.54, 1.807) is 23.9 Å². The van der Waals surface area contributed by atoms with Crippen molar-refractivity contribution in [2.24, 2.45) is 0 Å². The number of rotatable bonds is 4. The lowest BCUT2D eigenvalue weighted by Gasteiger charge is -2.11. The van der Waals surface area contributed by atoms with Crippen LogP contribution < -0.4 is 10.3 Å². The van der Waals surface area contributed by atoms with Crippen molar-refractivity contribution in [3.8, 4) is 16.8 Å². The third-order valence-corrected chi connectivity index (χ3v) is 3.87. The average Bonchev–Trinajstić information content (AvgIpc) is 2.71. The predicted octanol–water partition coefficient (Wildman–Crippen LogP) is 2.55. The average molecular weight is 289 g/mol. The molecule has 0 aliphatic heterocycles. The van der Waals surface area contributed by atoms with Crippen molar-refractivity contribution in [1.82, 2.24) is 9.36 Å². The van der Waals surface area contributed by atoms with Crippen LogP contribution in [0.4, 0.5) is 0 Å². The molecule has 2 aromatic rings. The van der Waals surface area contributed by atoms with Gasteiger partial charge in [0.05, 0.1) is 18.5 Å². The van der Waals surface area contributed by atoms with Crippen molar-refractivity contribution < 1.29 is 4.74 Å². The molecule has 1 heterocycles. The number of benzene rings is 1. The lowest BCUT2D eigenvalue weighted by atomic mass is 10.3. The van der Waals surface area contributed by atoms with Gasteiger partial charge in [0.15, 0.2) is 0 Å². The molecule has 0 N–H and O–H groups in total. The molecule has 20 heavy (non-hydrogen) atoms. The SMILES string of the molecule is CCn1c(C)c(SC#N)c(=O)n1-c1ccc(OC)cc1. The Hall–Kier alpha value is -2.13. The molecular weight excluding hydrogens is 274 g/mol. The molecule has 1 aromatic carbocycles. The van der Waals surface area contributed by atoms with Crippen molar-refractivity contribution in [3.63, 3.8) is 0 Å². The minimum atomic E-state index is -0.166. The number of hydrogen-bond donors (Lipinski definition) is 0. The quantitative estimate of drug-likeness (QED) is 0.641. The molecule has 2 rings (SSSR count). The fourth-order valence-electron chi connectivity index (χ4n) is 2.15. The first-order valence-corrected chi connectivity index (χ1v) is 6.98. The first-order chi connectivity index (χ1) is 9.63. The van der Waals surface area contributed by atoms with Crippen molar-refractivity contribution in [2.45, 2.75) is 25.3 Å². The summed E-state index contributed by atoms with van der Waals surface area (Å²) in [5, 5.41) is 10.8. The molecular formula is C14H15N3O2S. The van der Waals surface area contributed by atoms with Crippen LogP contribution in [0.2, 0.25) is 0 Å². The van der Waals surface area contributed by atoms with Crippen LogP contribution in [-0.4, -0.2) is 16.5 Å². The number of thioether (sulfide) groups is 1. The molecule has 0 saturated carbocycles. The van der Waals surface area contributed by atoms with Gasteiger partial charge in [-0.25, -0.2) is 4.68 Å². The molecule has 1 aromatic heterocycles. The van der Waals surface area contributed by atoms with Crippen LogP contribution in [0, 0.1) is 17.6 Å². The van der Waals surface area contributed by atoms with Gasteiger partial charge in [0.1, 0.15) is 16.0 Å². The highest BCUT2D eigenvalue weighted by Crippen LogP contribution is 2.21. The Kier molecular flexibility index (Phi) is 4.20. The zero-order chi connectivity index (χ0) is 14.7. The molecule has 0 spiro atoms. The second-order valence-corrected chi connectivity index (χ2v) is 4.93. The minimum Gasteiger partial charge on any atom is -0.497 e. The smallest absolute Gasteiger partial charge is 0.286 e. The molecule has 0 bridgehead atoms. The Labute approximate surface area is 121 Å². The first kappa shape index (κ1) is 14.3. The van der Waals surface area contributed by atoms with E-state index in [1.165, 1.54) is 0 Å². The summed E-state index contributed by atoms with van der Waals surface area (Å²) in [7, 11) is 1.60. The number of aromatic nitrogens is 2. The molecule has 0 aliphatic rings. The standard InChI is InChI=1S/C14H15N3O2S/c1-4-16-10(2)13(20-9-15)14(18)17(16)11-5-7-12(19-3)8-6-11/h5-8H,4H2,1-3H3. The third-order valence-electron chi connectivity index (χ3n) is 3.11. The number of nitriles is 1. The maximum atomic E-state index is 12.5. The number of ether oxygens (including phenoxy) is 1. The molecule has 0 saturated heterocycles. The van der Waals surface area contributed by atoms with Crippen LogP contribution in [-0.2, 0) is 6.54 Å². The molecule has 0 fully saturated rings. The zero-order valence-corrected chi connectivity index (χ0v) is 12.4. The lowest BCUT2D eigenvalue weighted by molar-refractivity contribution is 0.414. The zero-order valence-electron chi connectivity index (χ0n) is 11.6. The van der Waals surface area contributed by atoms with Gasteiger partial charge in [-0.15, -0.1) is 0 Å². The van der Waals surface area contributed by atoms with Crippen LogP contribution in [0.25, 0.3) is 5.69 Å². The summed E-state index contributed by atoms with van der Waals surface area (Å²) >= 11 is 0.908. The second kappa shape index (κ2) is 5.88. The Balaban J connectivity index is 2.63. The van der Waals surface area contributed by atoms with Gasteiger partial charge < -0.3 is 4.74 Å². The summed E-state index contributed by atoms with van der Waals surface area (Å²) in [6, 6.07) is 7.27. The first-order valence-electron chi connectivity index (χ1n) is 6.16. The Bertz CT molecular complexity index is 708. The van der Waals surface area contributed by atoms with E-state index in [-0.39, 0.29) is 5.56 Å². The van der Waals surface area contributed by atoms with E-state index in [1.807, 2.05) is 36.1 Å². The Morgan fingerprint density at radius 3 is 2.50 bits per heavy atom. The monoisotopic (exact) mass is 289 g/mol. The largest absolute Gasteiger partial charge is 0.497 e. The van der Waals surface area contributed by atoms with Gasteiger partial charge in [0.25, 0.3) is 5.56 Å². The molecule has 5 nitrogen and oxygen atoms in total. The van der Waals surface area contributed by atoms with Gasteiger partial charge in [0.2, 0.25) is 0 Å². The molecule has 0 atom stereocenters. The van der Waals surface area contributed by atoms with E-state index < -0.39 is 0 Å². The number of nitrogens with zero attached hydrogens (tertiary/aromatic N) is 3. The highest BCUT2D eigenvalue weighted by Gasteiger charge is 2.17. The van der Waals surface area contributed by atoms with Gasteiger partial charge in [-0.05, 0) is 49.9 Å². The van der Waals surface area contributed by atoms with Gasteiger partial charge in [0, 0.05) is 6.54 Å². The molecule has 104 valence electrons. The number of hydrogen-bond acceptors (Lipinski definition) is 4. The van der Waals surface area contributed by atoms with Crippen molar-refractivity contribution in [1.29, 1.82) is 5.26 Å². The van der Waals surface area contributed by atoms with E-state index in [4.69, 9.17) is 10.00 Å². The fourth-order valence-corrected chi connectivity index (χ4v) is 2.67. The lowest BCUT2D eigenvalue weighted by Crippen LogP contribution is -2.21. The van der Waals surface area contributed by atoms with E-state index in [2.05, 4.69) is 0 Å². The summed E-state index contributed by atoms with van der Waals surface area (Å²) in [5.74, 6) is 0.736.